The predicted molar refractivity (Wildman–Crippen MR) is 94.9 cm³/mol. The van der Waals surface area contributed by atoms with Gasteiger partial charge in [0.2, 0.25) is 5.91 Å². The minimum Gasteiger partial charge on any atom is -0.462 e. The monoisotopic (exact) mass is 348 g/mol. The van der Waals surface area contributed by atoms with Crippen molar-refractivity contribution < 1.29 is 14.3 Å². The van der Waals surface area contributed by atoms with Crippen LogP contribution in [-0.2, 0) is 14.3 Å². The molecule has 4 saturated heterocycles. The first-order valence-electron chi connectivity index (χ1n) is 10.2. The van der Waals surface area contributed by atoms with Gasteiger partial charge in [-0.2, -0.15) is 0 Å². The summed E-state index contributed by atoms with van der Waals surface area (Å²) in [5.41, 5.74) is 0. The minimum absolute atomic E-state index is 0.0444. The largest absolute Gasteiger partial charge is 0.462 e. The normalized spacial score (nSPS) is 38.3. The molecule has 2 bridgehead atoms. The van der Waals surface area contributed by atoms with Crippen molar-refractivity contribution in [3.8, 4) is 0 Å². The first-order chi connectivity index (χ1) is 12.0. The Hall–Kier alpha value is -1.10. The van der Waals surface area contributed by atoms with E-state index in [0.717, 1.165) is 45.3 Å². The number of fused-ring (bicyclic) bond motifs is 6. The molecule has 4 rings (SSSR count). The second kappa shape index (κ2) is 6.90. The van der Waals surface area contributed by atoms with E-state index in [2.05, 4.69) is 23.6 Å². The molecule has 0 aromatic heterocycles. The molecule has 5 atom stereocenters. The fourth-order valence-corrected chi connectivity index (χ4v) is 5.73. The molecule has 0 N–H and O–H groups in total. The van der Waals surface area contributed by atoms with Gasteiger partial charge in [-0.05, 0) is 43.4 Å². The highest BCUT2D eigenvalue weighted by atomic mass is 16.5. The Morgan fingerprint density at radius 2 is 1.96 bits per heavy atom. The van der Waals surface area contributed by atoms with Crippen LogP contribution < -0.4 is 0 Å². The molecule has 0 spiro atoms. The molecule has 4 heterocycles. The molecule has 25 heavy (non-hydrogen) atoms. The van der Waals surface area contributed by atoms with Gasteiger partial charge in [0, 0.05) is 51.0 Å². The SMILES string of the molecule is CC(C)CC(=O)O[C@H]1CCN2C[C@H]3C[C@H](CN4C(=O)CCC[C@H]34)[C@@H]2C1. The molecule has 4 aliphatic rings. The van der Waals surface area contributed by atoms with E-state index in [1.54, 1.807) is 0 Å². The summed E-state index contributed by atoms with van der Waals surface area (Å²) in [4.78, 5) is 29.3. The van der Waals surface area contributed by atoms with E-state index in [0.29, 0.717) is 42.2 Å². The Kier molecular flexibility index (Phi) is 4.78. The third-order valence-electron chi connectivity index (χ3n) is 6.79. The zero-order valence-corrected chi connectivity index (χ0v) is 15.7. The van der Waals surface area contributed by atoms with E-state index in [4.69, 9.17) is 4.74 Å². The van der Waals surface area contributed by atoms with E-state index in [1.807, 2.05) is 0 Å². The molecule has 0 aromatic rings. The molecule has 140 valence electrons. The summed E-state index contributed by atoms with van der Waals surface area (Å²) >= 11 is 0. The number of rotatable bonds is 3. The van der Waals surface area contributed by atoms with Crippen molar-refractivity contribution in [1.82, 2.24) is 9.80 Å². The third kappa shape index (κ3) is 3.44. The maximum absolute atomic E-state index is 12.4. The van der Waals surface area contributed by atoms with Crippen molar-refractivity contribution in [1.29, 1.82) is 0 Å². The van der Waals surface area contributed by atoms with Gasteiger partial charge in [0.1, 0.15) is 6.10 Å². The maximum atomic E-state index is 12.4. The van der Waals surface area contributed by atoms with Crippen LogP contribution in [-0.4, -0.2) is 59.5 Å². The lowest BCUT2D eigenvalue weighted by Gasteiger charge is -2.57. The minimum atomic E-state index is -0.0444. The molecule has 0 aliphatic carbocycles. The smallest absolute Gasteiger partial charge is 0.306 e. The number of piperidine rings is 4. The van der Waals surface area contributed by atoms with Crippen LogP contribution in [0.15, 0.2) is 0 Å². The number of nitrogens with zero attached hydrogens (tertiary/aromatic N) is 2. The summed E-state index contributed by atoms with van der Waals surface area (Å²) in [6.07, 6.45) is 6.75. The van der Waals surface area contributed by atoms with E-state index in [9.17, 15) is 9.59 Å². The van der Waals surface area contributed by atoms with E-state index < -0.39 is 0 Å². The third-order valence-corrected chi connectivity index (χ3v) is 6.79. The zero-order valence-electron chi connectivity index (χ0n) is 15.7. The molecule has 0 aromatic carbocycles. The second-order valence-electron chi connectivity index (χ2n) is 9.06. The van der Waals surface area contributed by atoms with Crippen LogP contribution in [0.5, 0.6) is 0 Å². The van der Waals surface area contributed by atoms with Crippen molar-refractivity contribution >= 4 is 11.9 Å². The summed E-state index contributed by atoms with van der Waals surface area (Å²) < 4.78 is 5.77. The van der Waals surface area contributed by atoms with Gasteiger partial charge in [-0.15, -0.1) is 0 Å². The quantitative estimate of drug-likeness (QED) is 0.735. The number of ether oxygens (including phenoxy) is 1. The van der Waals surface area contributed by atoms with Crippen LogP contribution in [0.3, 0.4) is 0 Å². The average molecular weight is 348 g/mol. The number of amides is 1. The number of carbonyl (C=O) groups excluding carboxylic acids is 2. The van der Waals surface area contributed by atoms with Gasteiger partial charge in [-0.25, -0.2) is 0 Å². The second-order valence-corrected chi connectivity index (χ2v) is 9.06. The van der Waals surface area contributed by atoms with Gasteiger partial charge in [-0.1, -0.05) is 13.8 Å². The van der Waals surface area contributed by atoms with Crippen LogP contribution in [0.4, 0.5) is 0 Å². The molecule has 5 heteroatoms. The van der Waals surface area contributed by atoms with E-state index in [1.165, 1.54) is 12.8 Å². The molecular formula is C20H32N2O3. The highest BCUT2D eigenvalue weighted by molar-refractivity contribution is 5.77. The van der Waals surface area contributed by atoms with Crippen molar-refractivity contribution in [3.05, 3.63) is 0 Å². The molecule has 0 unspecified atom stereocenters. The van der Waals surface area contributed by atoms with Crippen molar-refractivity contribution in [3.63, 3.8) is 0 Å². The summed E-state index contributed by atoms with van der Waals surface area (Å²) in [5.74, 6) is 1.89. The van der Waals surface area contributed by atoms with Gasteiger partial charge >= 0.3 is 5.97 Å². The van der Waals surface area contributed by atoms with Crippen LogP contribution in [0.1, 0.15) is 58.8 Å². The fraction of sp³-hybridized carbons (Fsp3) is 0.900. The van der Waals surface area contributed by atoms with E-state index in [-0.39, 0.29) is 12.1 Å². The van der Waals surface area contributed by atoms with Crippen molar-refractivity contribution in [2.45, 2.75) is 77.0 Å². The number of hydrogen-bond acceptors (Lipinski definition) is 4. The molecule has 1 amide bonds. The average Bonchev–Trinajstić information content (AvgIpc) is 2.56. The van der Waals surface area contributed by atoms with E-state index >= 15 is 0 Å². The number of carbonyl (C=O) groups is 2. The number of esters is 1. The predicted octanol–water partition coefficient (Wildman–Crippen LogP) is 2.44. The first-order valence-corrected chi connectivity index (χ1v) is 10.2. The molecule has 0 saturated carbocycles. The number of hydrogen-bond donors (Lipinski definition) is 0. The van der Waals surface area contributed by atoms with Gasteiger partial charge < -0.3 is 9.64 Å². The Morgan fingerprint density at radius 3 is 2.76 bits per heavy atom. The molecule has 4 fully saturated rings. The van der Waals surface area contributed by atoms with Gasteiger partial charge in [0.25, 0.3) is 0 Å². The topological polar surface area (TPSA) is 49.9 Å². The van der Waals surface area contributed by atoms with Crippen LogP contribution in [0, 0.1) is 17.8 Å². The summed E-state index contributed by atoms with van der Waals surface area (Å²) in [7, 11) is 0. The molecule has 4 aliphatic heterocycles. The molecular weight excluding hydrogens is 316 g/mol. The summed E-state index contributed by atoms with van der Waals surface area (Å²) in [6, 6.07) is 0.970. The fourth-order valence-electron chi connectivity index (χ4n) is 5.73. The van der Waals surface area contributed by atoms with Crippen LogP contribution >= 0.6 is 0 Å². The summed E-state index contributed by atoms with van der Waals surface area (Å²) in [6.45, 7) is 7.20. The highest BCUT2D eigenvalue weighted by Gasteiger charge is 2.49. The first kappa shape index (κ1) is 17.3. The lowest BCUT2D eigenvalue weighted by Crippen LogP contribution is -2.65. The van der Waals surface area contributed by atoms with Gasteiger partial charge in [-0.3, -0.25) is 14.5 Å². The Bertz CT molecular complexity index is 535. The molecule has 5 nitrogen and oxygen atoms in total. The molecule has 0 radical (unpaired) electrons. The van der Waals surface area contributed by atoms with Gasteiger partial charge in [0.05, 0.1) is 0 Å². The standard InChI is InChI=1S/C20H32N2O3/c1-13(2)8-20(24)25-16-6-7-21-11-14-9-15(18(21)10-16)12-22-17(14)4-3-5-19(22)23/h13-18H,3-12H2,1-2H3/t14-,15-,16+,17-,18+/m1/s1. The van der Waals surface area contributed by atoms with Crippen molar-refractivity contribution in [2.75, 3.05) is 19.6 Å². The Morgan fingerprint density at radius 1 is 1.16 bits per heavy atom. The highest BCUT2D eigenvalue weighted by Crippen LogP contribution is 2.43. The summed E-state index contributed by atoms with van der Waals surface area (Å²) in [5, 5.41) is 0. The Balaban J connectivity index is 1.41. The van der Waals surface area contributed by atoms with Crippen molar-refractivity contribution in [2.24, 2.45) is 17.8 Å². The maximum Gasteiger partial charge on any atom is 0.306 e. The lowest BCUT2D eigenvalue weighted by atomic mass is 9.70. The van der Waals surface area contributed by atoms with Crippen LogP contribution in [0.2, 0.25) is 0 Å². The lowest BCUT2D eigenvalue weighted by molar-refractivity contribution is -0.159. The Labute approximate surface area is 151 Å². The zero-order chi connectivity index (χ0) is 17.6. The van der Waals surface area contributed by atoms with Crippen LogP contribution in [0.25, 0.3) is 0 Å². The van der Waals surface area contributed by atoms with Gasteiger partial charge in [0.15, 0.2) is 0 Å².